The van der Waals surface area contributed by atoms with Crippen LogP contribution in [0.5, 0.6) is 11.5 Å². The standard InChI is InChI=1S/C22H24N4O3/c1-14(2)29-20-12-8-6-10-17(20)26-22(27)18-13-21(24-15(3)23-18)25-16-9-5-7-11-19(16)28-4/h5-14H,1-4H3,(H,26,27)(H,23,24,25). The second-order valence-corrected chi connectivity index (χ2v) is 6.63. The lowest BCUT2D eigenvalue weighted by molar-refractivity contribution is 0.102. The number of ether oxygens (including phenoxy) is 2. The third-order valence-electron chi connectivity index (χ3n) is 3.94. The summed E-state index contributed by atoms with van der Waals surface area (Å²) >= 11 is 0. The second kappa shape index (κ2) is 9.05. The van der Waals surface area contributed by atoms with Crippen LogP contribution in [-0.2, 0) is 0 Å². The molecule has 0 saturated heterocycles. The molecule has 1 amide bonds. The van der Waals surface area contributed by atoms with Crippen LogP contribution in [0.1, 0.15) is 30.2 Å². The molecule has 7 nitrogen and oxygen atoms in total. The molecule has 0 atom stereocenters. The zero-order valence-electron chi connectivity index (χ0n) is 16.9. The van der Waals surface area contributed by atoms with Gasteiger partial charge in [0.2, 0.25) is 0 Å². The fourth-order valence-electron chi connectivity index (χ4n) is 2.75. The number of hydrogen-bond acceptors (Lipinski definition) is 6. The molecule has 150 valence electrons. The van der Waals surface area contributed by atoms with E-state index in [9.17, 15) is 4.79 Å². The lowest BCUT2D eigenvalue weighted by Crippen LogP contribution is -2.17. The van der Waals surface area contributed by atoms with E-state index in [4.69, 9.17) is 9.47 Å². The van der Waals surface area contributed by atoms with Gasteiger partial charge in [0.05, 0.1) is 24.6 Å². The molecule has 0 unspecified atom stereocenters. The van der Waals surface area contributed by atoms with Crippen molar-refractivity contribution >= 4 is 23.1 Å². The predicted molar refractivity (Wildman–Crippen MR) is 113 cm³/mol. The molecule has 0 bridgehead atoms. The van der Waals surface area contributed by atoms with Crippen LogP contribution in [0.4, 0.5) is 17.2 Å². The van der Waals surface area contributed by atoms with Crippen molar-refractivity contribution in [2.24, 2.45) is 0 Å². The van der Waals surface area contributed by atoms with Crippen molar-refractivity contribution < 1.29 is 14.3 Å². The van der Waals surface area contributed by atoms with Crippen molar-refractivity contribution in [1.82, 2.24) is 9.97 Å². The van der Waals surface area contributed by atoms with Gasteiger partial charge in [-0.15, -0.1) is 0 Å². The SMILES string of the molecule is COc1ccccc1Nc1cc(C(=O)Nc2ccccc2OC(C)C)nc(C)n1. The molecule has 0 fully saturated rings. The van der Waals surface area contributed by atoms with E-state index in [0.29, 0.717) is 28.8 Å². The molecule has 2 N–H and O–H groups in total. The van der Waals surface area contributed by atoms with E-state index in [1.165, 1.54) is 0 Å². The Kier molecular flexibility index (Phi) is 6.29. The van der Waals surface area contributed by atoms with Crippen LogP contribution in [0.15, 0.2) is 54.6 Å². The lowest BCUT2D eigenvalue weighted by atomic mass is 10.2. The lowest BCUT2D eigenvalue weighted by Gasteiger charge is -2.15. The number of methoxy groups -OCH3 is 1. The quantitative estimate of drug-likeness (QED) is 0.612. The summed E-state index contributed by atoms with van der Waals surface area (Å²) in [5.41, 5.74) is 1.58. The van der Waals surface area contributed by atoms with Crippen LogP contribution in [0.25, 0.3) is 0 Å². The summed E-state index contributed by atoms with van der Waals surface area (Å²) in [5, 5.41) is 6.05. The third-order valence-corrected chi connectivity index (χ3v) is 3.94. The first kappa shape index (κ1) is 20.1. The van der Waals surface area contributed by atoms with Gasteiger partial charge in [-0.25, -0.2) is 9.97 Å². The highest BCUT2D eigenvalue weighted by molar-refractivity contribution is 6.04. The third kappa shape index (κ3) is 5.22. The van der Waals surface area contributed by atoms with Crippen molar-refractivity contribution in [1.29, 1.82) is 0 Å². The van der Waals surface area contributed by atoms with Gasteiger partial charge < -0.3 is 20.1 Å². The highest BCUT2D eigenvalue weighted by atomic mass is 16.5. The normalized spacial score (nSPS) is 10.5. The zero-order valence-corrected chi connectivity index (χ0v) is 16.9. The molecule has 3 rings (SSSR count). The van der Waals surface area contributed by atoms with Gasteiger partial charge in [0.1, 0.15) is 28.8 Å². The Morgan fingerprint density at radius 2 is 1.62 bits per heavy atom. The van der Waals surface area contributed by atoms with Gasteiger partial charge in [0, 0.05) is 6.07 Å². The number of para-hydroxylation sites is 4. The molecule has 29 heavy (non-hydrogen) atoms. The van der Waals surface area contributed by atoms with E-state index in [1.54, 1.807) is 26.2 Å². The summed E-state index contributed by atoms with van der Waals surface area (Å²) in [6, 6.07) is 16.4. The molecule has 0 aliphatic heterocycles. The second-order valence-electron chi connectivity index (χ2n) is 6.63. The maximum absolute atomic E-state index is 12.8. The minimum Gasteiger partial charge on any atom is -0.495 e. The number of carbonyl (C=O) groups excluding carboxylic acids is 1. The molecule has 7 heteroatoms. The Labute approximate surface area is 170 Å². The minimum atomic E-state index is -0.349. The molecule has 0 radical (unpaired) electrons. The Bertz CT molecular complexity index is 1000. The maximum atomic E-state index is 12.8. The molecule has 2 aromatic carbocycles. The Morgan fingerprint density at radius 1 is 0.966 bits per heavy atom. The van der Waals surface area contributed by atoms with Crippen molar-refractivity contribution in [3.63, 3.8) is 0 Å². The summed E-state index contributed by atoms with van der Waals surface area (Å²) in [6.07, 6.45) is -0.00833. The monoisotopic (exact) mass is 392 g/mol. The first-order valence-electron chi connectivity index (χ1n) is 9.29. The Balaban J connectivity index is 1.84. The van der Waals surface area contributed by atoms with Gasteiger partial charge in [0.25, 0.3) is 5.91 Å². The number of nitrogens with zero attached hydrogens (tertiary/aromatic N) is 2. The molecule has 1 aromatic heterocycles. The van der Waals surface area contributed by atoms with Crippen LogP contribution in [-0.4, -0.2) is 29.1 Å². The predicted octanol–water partition coefficient (Wildman–Crippen LogP) is 4.58. The van der Waals surface area contributed by atoms with Crippen molar-refractivity contribution in [2.75, 3.05) is 17.7 Å². The van der Waals surface area contributed by atoms with Crippen molar-refractivity contribution in [3.05, 3.63) is 66.1 Å². The van der Waals surface area contributed by atoms with Crippen LogP contribution in [0.3, 0.4) is 0 Å². The number of hydrogen-bond donors (Lipinski definition) is 2. The molecule has 1 heterocycles. The van der Waals surface area contributed by atoms with E-state index >= 15 is 0 Å². The Morgan fingerprint density at radius 3 is 2.31 bits per heavy atom. The van der Waals surface area contributed by atoms with Gasteiger partial charge in [-0.2, -0.15) is 0 Å². The number of nitrogens with one attached hydrogen (secondary N) is 2. The highest BCUT2D eigenvalue weighted by Crippen LogP contribution is 2.27. The first-order valence-corrected chi connectivity index (χ1v) is 9.29. The fraction of sp³-hybridized carbons (Fsp3) is 0.227. The number of anilines is 3. The number of aryl methyl sites for hydroxylation is 1. The zero-order chi connectivity index (χ0) is 20.8. The number of benzene rings is 2. The van der Waals surface area contributed by atoms with Crippen molar-refractivity contribution in [2.45, 2.75) is 26.9 Å². The van der Waals surface area contributed by atoms with Gasteiger partial charge in [-0.3, -0.25) is 4.79 Å². The highest BCUT2D eigenvalue weighted by Gasteiger charge is 2.14. The van der Waals surface area contributed by atoms with E-state index in [-0.39, 0.29) is 17.7 Å². The summed E-state index contributed by atoms with van der Waals surface area (Å²) in [6.45, 7) is 5.60. The van der Waals surface area contributed by atoms with Crippen LogP contribution < -0.4 is 20.1 Å². The number of aromatic nitrogens is 2. The van der Waals surface area contributed by atoms with Gasteiger partial charge in [-0.1, -0.05) is 24.3 Å². The fourth-order valence-corrected chi connectivity index (χ4v) is 2.75. The van der Waals surface area contributed by atoms with E-state index in [2.05, 4.69) is 20.6 Å². The average molecular weight is 392 g/mol. The minimum absolute atomic E-state index is 0.00833. The largest absolute Gasteiger partial charge is 0.495 e. The van der Waals surface area contributed by atoms with Crippen LogP contribution in [0.2, 0.25) is 0 Å². The Hall–Kier alpha value is -3.61. The molecular weight excluding hydrogens is 368 g/mol. The van der Waals surface area contributed by atoms with Gasteiger partial charge >= 0.3 is 0 Å². The molecule has 0 aliphatic rings. The number of carbonyl (C=O) groups is 1. The topological polar surface area (TPSA) is 85.4 Å². The van der Waals surface area contributed by atoms with E-state index in [1.807, 2.05) is 56.3 Å². The summed E-state index contributed by atoms with van der Waals surface area (Å²) in [4.78, 5) is 21.5. The van der Waals surface area contributed by atoms with E-state index in [0.717, 1.165) is 5.69 Å². The number of rotatable bonds is 7. The van der Waals surface area contributed by atoms with Gasteiger partial charge in [0.15, 0.2) is 0 Å². The molecule has 0 aliphatic carbocycles. The first-order chi connectivity index (χ1) is 14.0. The summed E-state index contributed by atoms with van der Waals surface area (Å²) in [7, 11) is 1.60. The van der Waals surface area contributed by atoms with Gasteiger partial charge in [-0.05, 0) is 45.0 Å². The van der Waals surface area contributed by atoms with Crippen LogP contribution in [0, 0.1) is 6.92 Å². The molecule has 3 aromatic rings. The van der Waals surface area contributed by atoms with E-state index < -0.39 is 0 Å². The molecule has 0 spiro atoms. The summed E-state index contributed by atoms with van der Waals surface area (Å²) < 4.78 is 11.1. The smallest absolute Gasteiger partial charge is 0.274 e. The average Bonchev–Trinajstić information content (AvgIpc) is 2.69. The maximum Gasteiger partial charge on any atom is 0.274 e. The van der Waals surface area contributed by atoms with Crippen LogP contribution >= 0.6 is 0 Å². The summed E-state index contributed by atoms with van der Waals surface area (Å²) in [5.74, 6) is 1.91. The molecule has 0 saturated carbocycles. The molecular formula is C22H24N4O3. The van der Waals surface area contributed by atoms with Crippen molar-refractivity contribution in [3.8, 4) is 11.5 Å². The number of amides is 1.